The van der Waals surface area contributed by atoms with Crippen LogP contribution in [0.1, 0.15) is 56.1 Å². The zero-order chi connectivity index (χ0) is 14.9. The number of hydrogen-bond acceptors (Lipinski definition) is 1. The topological polar surface area (TPSA) is 9.23 Å². The number of allylic oxidation sites excluding steroid dienone is 2. The second-order valence-electron chi connectivity index (χ2n) is 6.07. The van der Waals surface area contributed by atoms with Crippen LogP contribution in [0.15, 0.2) is 49.1 Å². The van der Waals surface area contributed by atoms with Crippen LogP contribution in [0.4, 0.5) is 0 Å². The van der Waals surface area contributed by atoms with Crippen LogP contribution in [0.25, 0.3) is 0 Å². The van der Waals surface area contributed by atoms with E-state index in [4.69, 9.17) is 4.74 Å². The molecule has 0 radical (unpaired) electrons. The van der Waals surface area contributed by atoms with E-state index in [1.165, 1.54) is 43.2 Å². The van der Waals surface area contributed by atoms with E-state index in [2.05, 4.69) is 49.9 Å². The molecular formula is C20H28O. The van der Waals surface area contributed by atoms with Crippen LogP contribution in [0, 0.1) is 5.92 Å². The SMILES string of the molecule is C=CCOCc1ccc(C2CCC(C/C=C/C)CC2)cc1. The second-order valence-corrected chi connectivity index (χ2v) is 6.07. The van der Waals surface area contributed by atoms with Crippen molar-refractivity contribution in [3.63, 3.8) is 0 Å². The average molecular weight is 284 g/mol. The molecule has 2 rings (SSSR count). The molecule has 1 saturated carbocycles. The van der Waals surface area contributed by atoms with Gasteiger partial charge >= 0.3 is 0 Å². The fraction of sp³-hybridized carbons (Fsp3) is 0.500. The summed E-state index contributed by atoms with van der Waals surface area (Å²) in [5.41, 5.74) is 2.76. The molecule has 1 aromatic rings. The monoisotopic (exact) mass is 284 g/mol. The predicted octanol–water partition coefficient (Wildman–Crippen LogP) is 5.63. The Labute approximate surface area is 129 Å². The molecule has 0 spiro atoms. The van der Waals surface area contributed by atoms with Gasteiger partial charge in [0.1, 0.15) is 0 Å². The van der Waals surface area contributed by atoms with E-state index in [-0.39, 0.29) is 0 Å². The zero-order valence-corrected chi connectivity index (χ0v) is 13.3. The van der Waals surface area contributed by atoms with Gasteiger partial charge in [-0.2, -0.15) is 0 Å². The summed E-state index contributed by atoms with van der Waals surface area (Å²) >= 11 is 0. The maximum absolute atomic E-state index is 5.48. The summed E-state index contributed by atoms with van der Waals surface area (Å²) in [5.74, 6) is 1.67. The molecule has 1 heteroatoms. The summed E-state index contributed by atoms with van der Waals surface area (Å²) in [6, 6.07) is 9.02. The molecule has 21 heavy (non-hydrogen) atoms. The van der Waals surface area contributed by atoms with Gasteiger partial charge in [0.15, 0.2) is 0 Å². The van der Waals surface area contributed by atoms with E-state index < -0.39 is 0 Å². The van der Waals surface area contributed by atoms with Gasteiger partial charge < -0.3 is 4.74 Å². The van der Waals surface area contributed by atoms with Gasteiger partial charge in [-0.25, -0.2) is 0 Å². The Morgan fingerprint density at radius 3 is 2.48 bits per heavy atom. The summed E-state index contributed by atoms with van der Waals surface area (Å²) in [7, 11) is 0. The Hall–Kier alpha value is -1.34. The second kappa shape index (κ2) is 8.84. The van der Waals surface area contributed by atoms with Crippen LogP contribution in [-0.2, 0) is 11.3 Å². The first-order valence-corrected chi connectivity index (χ1v) is 8.22. The first kappa shape index (κ1) is 16.0. The molecular weight excluding hydrogens is 256 g/mol. The third-order valence-corrected chi connectivity index (χ3v) is 4.51. The van der Waals surface area contributed by atoms with Crippen LogP contribution in [0.3, 0.4) is 0 Å². The average Bonchev–Trinajstić information content (AvgIpc) is 2.54. The van der Waals surface area contributed by atoms with E-state index in [0.29, 0.717) is 13.2 Å². The Morgan fingerprint density at radius 1 is 1.14 bits per heavy atom. The zero-order valence-electron chi connectivity index (χ0n) is 13.3. The highest BCUT2D eigenvalue weighted by molar-refractivity contribution is 5.25. The number of rotatable bonds is 7. The molecule has 0 amide bonds. The molecule has 0 saturated heterocycles. The van der Waals surface area contributed by atoms with Crippen LogP contribution in [0.5, 0.6) is 0 Å². The Kier molecular flexibility index (Phi) is 6.75. The van der Waals surface area contributed by atoms with Crippen molar-refractivity contribution in [2.24, 2.45) is 5.92 Å². The van der Waals surface area contributed by atoms with E-state index in [1.807, 2.05) is 0 Å². The van der Waals surface area contributed by atoms with Crippen LogP contribution >= 0.6 is 0 Å². The normalized spacial score (nSPS) is 22.5. The smallest absolute Gasteiger partial charge is 0.0721 e. The quantitative estimate of drug-likeness (QED) is 0.466. The maximum Gasteiger partial charge on any atom is 0.0721 e. The molecule has 0 heterocycles. The van der Waals surface area contributed by atoms with Gasteiger partial charge in [0.25, 0.3) is 0 Å². The fourth-order valence-corrected chi connectivity index (χ4v) is 3.21. The molecule has 1 fully saturated rings. The summed E-state index contributed by atoms with van der Waals surface area (Å²) in [6.45, 7) is 7.09. The molecule has 1 aliphatic carbocycles. The standard InChI is InChI=1S/C20H28O/c1-3-5-6-17-7-11-19(12-8-17)20-13-9-18(10-14-20)16-21-15-4-2/h3-5,9-10,13-14,17,19H,2,6-8,11-12,15-16H2,1H3/b5-3+. The van der Waals surface area contributed by atoms with Gasteiger partial charge in [-0.15, -0.1) is 6.58 Å². The lowest BCUT2D eigenvalue weighted by molar-refractivity contribution is 0.149. The highest BCUT2D eigenvalue weighted by Crippen LogP contribution is 2.37. The largest absolute Gasteiger partial charge is 0.373 e. The number of hydrogen-bond donors (Lipinski definition) is 0. The predicted molar refractivity (Wildman–Crippen MR) is 90.4 cm³/mol. The van der Waals surface area contributed by atoms with E-state index in [0.717, 1.165) is 11.8 Å². The van der Waals surface area contributed by atoms with Crippen molar-refractivity contribution in [3.8, 4) is 0 Å². The molecule has 0 unspecified atom stereocenters. The van der Waals surface area contributed by atoms with Gasteiger partial charge in [-0.05, 0) is 62.0 Å². The van der Waals surface area contributed by atoms with Crippen LogP contribution < -0.4 is 0 Å². The van der Waals surface area contributed by atoms with E-state index in [1.54, 1.807) is 6.08 Å². The van der Waals surface area contributed by atoms with Crippen molar-refractivity contribution in [2.75, 3.05) is 6.61 Å². The van der Waals surface area contributed by atoms with Crippen LogP contribution in [-0.4, -0.2) is 6.61 Å². The van der Waals surface area contributed by atoms with Crippen molar-refractivity contribution in [1.29, 1.82) is 0 Å². The first-order valence-electron chi connectivity index (χ1n) is 8.22. The lowest BCUT2D eigenvalue weighted by Crippen LogP contribution is -2.12. The molecule has 114 valence electrons. The summed E-state index contributed by atoms with van der Waals surface area (Å²) in [4.78, 5) is 0. The lowest BCUT2D eigenvalue weighted by Gasteiger charge is -2.28. The van der Waals surface area contributed by atoms with Crippen LogP contribution in [0.2, 0.25) is 0 Å². The minimum absolute atomic E-state index is 0.623. The molecule has 1 aromatic carbocycles. The summed E-state index contributed by atoms with van der Waals surface area (Å²) in [6.07, 6.45) is 13.0. The fourth-order valence-electron chi connectivity index (χ4n) is 3.21. The molecule has 0 aliphatic heterocycles. The lowest BCUT2D eigenvalue weighted by atomic mass is 9.77. The Morgan fingerprint density at radius 2 is 1.86 bits per heavy atom. The summed E-state index contributed by atoms with van der Waals surface area (Å²) in [5, 5.41) is 0. The van der Waals surface area contributed by atoms with Gasteiger partial charge in [-0.1, -0.05) is 42.5 Å². The highest BCUT2D eigenvalue weighted by atomic mass is 16.5. The summed E-state index contributed by atoms with van der Waals surface area (Å²) < 4.78 is 5.48. The first-order chi connectivity index (χ1) is 10.3. The van der Waals surface area contributed by atoms with Crippen molar-refractivity contribution < 1.29 is 4.74 Å². The van der Waals surface area contributed by atoms with Crippen molar-refractivity contribution in [3.05, 3.63) is 60.2 Å². The molecule has 0 aromatic heterocycles. The molecule has 1 aliphatic rings. The van der Waals surface area contributed by atoms with Crippen molar-refractivity contribution in [1.82, 2.24) is 0 Å². The van der Waals surface area contributed by atoms with Gasteiger partial charge in [0, 0.05) is 0 Å². The maximum atomic E-state index is 5.48. The molecule has 1 nitrogen and oxygen atoms in total. The molecule has 0 N–H and O–H groups in total. The third kappa shape index (κ3) is 5.17. The number of benzene rings is 1. The minimum atomic E-state index is 0.623. The van der Waals surface area contributed by atoms with E-state index >= 15 is 0 Å². The van der Waals surface area contributed by atoms with Gasteiger partial charge in [-0.3, -0.25) is 0 Å². The highest BCUT2D eigenvalue weighted by Gasteiger charge is 2.21. The van der Waals surface area contributed by atoms with Gasteiger partial charge in [0.2, 0.25) is 0 Å². The van der Waals surface area contributed by atoms with Crippen molar-refractivity contribution >= 4 is 0 Å². The van der Waals surface area contributed by atoms with Gasteiger partial charge in [0.05, 0.1) is 13.2 Å². The van der Waals surface area contributed by atoms with E-state index in [9.17, 15) is 0 Å². The Balaban J connectivity index is 1.81. The Bertz CT molecular complexity index is 435. The molecule has 0 bridgehead atoms. The molecule has 0 atom stereocenters. The minimum Gasteiger partial charge on any atom is -0.373 e. The van der Waals surface area contributed by atoms with Crippen molar-refractivity contribution in [2.45, 2.75) is 51.6 Å². The number of ether oxygens (including phenoxy) is 1. The third-order valence-electron chi connectivity index (χ3n) is 4.51.